The van der Waals surface area contributed by atoms with Crippen LogP contribution in [-0.4, -0.2) is 46.4 Å². The molecule has 9 nitrogen and oxygen atoms in total. The molecule has 2 N–H and O–H groups in total. The number of carboxylic acids is 1. The molecule has 0 amide bonds. The minimum atomic E-state index is -0.737. The van der Waals surface area contributed by atoms with Crippen LogP contribution < -0.4 is 15.0 Å². The summed E-state index contributed by atoms with van der Waals surface area (Å²) >= 11 is 0. The molecular weight excluding hydrogens is 374 g/mol. The van der Waals surface area contributed by atoms with Gasteiger partial charge in [-0.25, -0.2) is 4.98 Å². The third-order valence-electron chi connectivity index (χ3n) is 4.92. The van der Waals surface area contributed by atoms with Crippen molar-refractivity contribution in [1.29, 1.82) is 0 Å². The van der Waals surface area contributed by atoms with Gasteiger partial charge in [0, 0.05) is 30.9 Å². The van der Waals surface area contributed by atoms with Crippen LogP contribution in [0.3, 0.4) is 0 Å². The van der Waals surface area contributed by atoms with Gasteiger partial charge in [-0.2, -0.15) is 4.98 Å². The molecule has 4 rings (SSSR count). The second kappa shape index (κ2) is 8.17. The van der Waals surface area contributed by atoms with E-state index in [2.05, 4.69) is 20.4 Å². The van der Waals surface area contributed by atoms with Crippen molar-refractivity contribution in [3.63, 3.8) is 0 Å². The Kier molecular flexibility index (Phi) is 5.28. The average molecular weight is 395 g/mol. The van der Waals surface area contributed by atoms with Gasteiger partial charge in [0.05, 0.1) is 13.0 Å². The molecule has 1 aliphatic heterocycles. The summed E-state index contributed by atoms with van der Waals surface area (Å²) in [6.45, 7) is 1.23. The fourth-order valence-corrected chi connectivity index (χ4v) is 3.25. The van der Waals surface area contributed by atoms with E-state index in [1.54, 1.807) is 25.4 Å². The van der Waals surface area contributed by atoms with Crippen molar-refractivity contribution in [3.05, 3.63) is 42.6 Å². The van der Waals surface area contributed by atoms with Crippen LogP contribution in [0.5, 0.6) is 5.75 Å². The number of piperidine rings is 1. The smallest absolute Gasteiger partial charge is 0.306 e. The van der Waals surface area contributed by atoms with Crippen molar-refractivity contribution in [3.8, 4) is 17.0 Å². The number of nitrogens with zero attached hydrogens (tertiary/aromatic N) is 4. The summed E-state index contributed by atoms with van der Waals surface area (Å²) in [6.07, 6.45) is 2.84. The molecule has 3 heterocycles. The third-order valence-corrected chi connectivity index (χ3v) is 4.92. The Balaban J connectivity index is 1.43. The van der Waals surface area contributed by atoms with E-state index in [0.29, 0.717) is 49.3 Å². The van der Waals surface area contributed by atoms with Crippen LogP contribution >= 0.6 is 0 Å². The minimum absolute atomic E-state index is 0.293. The Labute approximate surface area is 167 Å². The fourth-order valence-electron chi connectivity index (χ4n) is 3.25. The molecular formula is C20H21N5O4. The van der Waals surface area contributed by atoms with E-state index in [-0.39, 0.29) is 5.92 Å². The highest BCUT2D eigenvalue weighted by molar-refractivity contribution is 5.70. The first-order valence-electron chi connectivity index (χ1n) is 9.31. The fraction of sp³-hybridized carbons (Fsp3) is 0.300. The maximum absolute atomic E-state index is 11.1. The third kappa shape index (κ3) is 4.29. The normalized spacial score (nSPS) is 14.6. The zero-order valence-corrected chi connectivity index (χ0v) is 15.9. The number of methoxy groups -OCH3 is 1. The van der Waals surface area contributed by atoms with Crippen LogP contribution in [0.15, 0.2) is 47.1 Å². The highest BCUT2D eigenvalue weighted by Gasteiger charge is 2.25. The average Bonchev–Trinajstić information content (AvgIpc) is 3.22. The molecule has 29 heavy (non-hydrogen) atoms. The Morgan fingerprint density at radius 3 is 2.69 bits per heavy atom. The van der Waals surface area contributed by atoms with Crippen molar-refractivity contribution < 1.29 is 19.2 Å². The van der Waals surface area contributed by atoms with E-state index < -0.39 is 5.97 Å². The second-order valence-electron chi connectivity index (χ2n) is 6.77. The van der Waals surface area contributed by atoms with Crippen molar-refractivity contribution in [1.82, 2.24) is 15.1 Å². The Hall–Kier alpha value is -3.62. The summed E-state index contributed by atoms with van der Waals surface area (Å²) in [5.41, 5.74) is 1.60. The van der Waals surface area contributed by atoms with E-state index in [1.165, 1.54) is 0 Å². The summed E-state index contributed by atoms with van der Waals surface area (Å²) in [5.74, 6) is 1.35. The Morgan fingerprint density at radius 2 is 2.00 bits per heavy atom. The Bertz CT molecular complexity index is 981. The van der Waals surface area contributed by atoms with Gasteiger partial charge in [0.25, 0.3) is 0 Å². The van der Waals surface area contributed by atoms with Gasteiger partial charge in [-0.05, 0) is 43.2 Å². The zero-order valence-electron chi connectivity index (χ0n) is 15.9. The van der Waals surface area contributed by atoms with E-state index in [4.69, 9.17) is 14.4 Å². The van der Waals surface area contributed by atoms with E-state index >= 15 is 0 Å². The monoisotopic (exact) mass is 395 g/mol. The topological polar surface area (TPSA) is 114 Å². The number of rotatable bonds is 6. The van der Waals surface area contributed by atoms with Gasteiger partial charge in [0.2, 0.25) is 11.8 Å². The molecule has 0 bridgehead atoms. The number of aromatic nitrogens is 3. The lowest BCUT2D eigenvalue weighted by atomic mass is 9.97. The summed E-state index contributed by atoms with van der Waals surface area (Å²) in [7, 11) is 1.62. The van der Waals surface area contributed by atoms with Gasteiger partial charge in [-0.1, -0.05) is 5.16 Å². The van der Waals surface area contributed by atoms with Crippen LogP contribution in [0, 0.1) is 5.92 Å². The number of benzene rings is 1. The van der Waals surface area contributed by atoms with Gasteiger partial charge < -0.3 is 24.6 Å². The molecule has 150 valence electrons. The number of carbonyl (C=O) groups is 1. The van der Waals surface area contributed by atoms with Crippen LogP contribution in [0.4, 0.5) is 17.7 Å². The molecule has 3 aromatic rings. The lowest BCUT2D eigenvalue weighted by molar-refractivity contribution is -0.142. The van der Waals surface area contributed by atoms with Crippen LogP contribution in [-0.2, 0) is 4.79 Å². The number of ether oxygens (including phenoxy) is 1. The van der Waals surface area contributed by atoms with Gasteiger partial charge in [-0.3, -0.25) is 4.79 Å². The van der Waals surface area contributed by atoms with E-state index in [0.717, 1.165) is 11.3 Å². The second-order valence-corrected chi connectivity index (χ2v) is 6.77. The van der Waals surface area contributed by atoms with Crippen LogP contribution in [0.1, 0.15) is 12.8 Å². The molecule has 1 saturated heterocycles. The molecule has 0 aliphatic carbocycles. The molecule has 0 radical (unpaired) electrons. The van der Waals surface area contributed by atoms with E-state index in [9.17, 15) is 4.79 Å². The molecule has 0 spiro atoms. The number of hydrogen-bond acceptors (Lipinski definition) is 8. The van der Waals surface area contributed by atoms with Gasteiger partial charge in [0.1, 0.15) is 17.3 Å². The highest BCUT2D eigenvalue weighted by Crippen LogP contribution is 2.26. The summed E-state index contributed by atoms with van der Waals surface area (Å²) in [5, 5.41) is 16.3. The molecule has 0 atom stereocenters. The van der Waals surface area contributed by atoms with Crippen molar-refractivity contribution >= 4 is 23.6 Å². The lowest BCUT2D eigenvalue weighted by Gasteiger charge is -2.30. The van der Waals surface area contributed by atoms with Gasteiger partial charge in [0.15, 0.2) is 0 Å². The first kappa shape index (κ1) is 18.7. The first-order chi connectivity index (χ1) is 14.1. The number of anilines is 3. The maximum atomic E-state index is 11.1. The van der Waals surface area contributed by atoms with Crippen LogP contribution in [0.25, 0.3) is 11.3 Å². The van der Waals surface area contributed by atoms with Gasteiger partial charge >= 0.3 is 5.97 Å². The number of hydrogen-bond donors (Lipinski definition) is 2. The number of carboxylic acid groups (broad SMARTS) is 1. The quantitative estimate of drug-likeness (QED) is 0.649. The lowest BCUT2D eigenvalue weighted by Crippen LogP contribution is -2.37. The summed E-state index contributed by atoms with van der Waals surface area (Å²) in [4.78, 5) is 21.9. The predicted octanol–water partition coefficient (Wildman–Crippen LogP) is 3.18. The summed E-state index contributed by atoms with van der Waals surface area (Å²) in [6, 6.07) is 11.1. The van der Waals surface area contributed by atoms with Crippen molar-refractivity contribution in [2.75, 3.05) is 30.4 Å². The summed E-state index contributed by atoms with van der Waals surface area (Å²) < 4.78 is 10.5. The largest absolute Gasteiger partial charge is 0.497 e. The van der Waals surface area contributed by atoms with Crippen molar-refractivity contribution in [2.45, 2.75) is 12.8 Å². The van der Waals surface area contributed by atoms with Gasteiger partial charge in [-0.15, -0.1) is 0 Å². The molecule has 0 unspecified atom stereocenters. The first-order valence-corrected chi connectivity index (χ1v) is 9.31. The predicted molar refractivity (Wildman–Crippen MR) is 106 cm³/mol. The number of nitrogens with one attached hydrogen (secondary N) is 1. The molecule has 1 aliphatic rings. The molecule has 9 heteroatoms. The standard InChI is InChI=1S/C20H21N5O4/c1-28-15-4-2-13(3-5-15)16-12-18(29-24-16)22-17-6-9-21-20(23-17)25-10-7-14(8-11-25)19(26)27/h2-6,9,12,14H,7-8,10-11H2,1H3,(H,26,27)(H,21,22,23). The van der Waals surface area contributed by atoms with Crippen molar-refractivity contribution in [2.24, 2.45) is 5.92 Å². The molecule has 2 aromatic heterocycles. The number of aliphatic carboxylic acids is 1. The Morgan fingerprint density at radius 1 is 1.24 bits per heavy atom. The molecule has 1 fully saturated rings. The highest BCUT2D eigenvalue weighted by atomic mass is 16.5. The van der Waals surface area contributed by atoms with Crippen LogP contribution in [0.2, 0.25) is 0 Å². The molecule has 0 saturated carbocycles. The molecule has 1 aromatic carbocycles. The SMILES string of the molecule is COc1ccc(-c2cc(Nc3ccnc(N4CCC(C(=O)O)CC4)n3)on2)cc1. The zero-order chi connectivity index (χ0) is 20.2. The van der Waals surface area contributed by atoms with E-state index in [1.807, 2.05) is 29.2 Å². The maximum Gasteiger partial charge on any atom is 0.306 e. The minimum Gasteiger partial charge on any atom is -0.497 e.